The number of esters is 2. The molecule has 3 rings (SSSR count). The van der Waals surface area contributed by atoms with Gasteiger partial charge in [-0.2, -0.15) is 0 Å². The van der Waals surface area contributed by atoms with E-state index in [9.17, 15) is 14.4 Å². The van der Waals surface area contributed by atoms with Gasteiger partial charge in [-0.3, -0.25) is 9.59 Å². The van der Waals surface area contributed by atoms with Crippen LogP contribution in [0, 0.1) is 0 Å². The second-order valence-corrected chi connectivity index (χ2v) is 4.96. The molecule has 1 saturated heterocycles. The molecule has 1 N–H and O–H groups in total. The fourth-order valence-electron chi connectivity index (χ4n) is 2.28. The molecular weight excluding hydrogens is 288 g/mol. The Morgan fingerprint density at radius 2 is 2.18 bits per heavy atom. The molecule has 1 atom stereocenters. The van der Waals surface area contributed by atoms with Crippen LogP contribution in [0.15, 0.2) is 29.1 Å². The van der Waals surface area contributed by atoms with Crippen molar-refractivity contribution in [1.29, 1.82) is 0 Å². The number of nitrogens with one attached hydrogen (secondary N) is 1. The third-order valence-electron chi connectivity index (χ3n) is 3.39. The summed E-state index contributed by atoms with van der Waals surface area (Å²) in [4.78, 5) is 41.8. The number of rotatable bonds is 4. The van der Waals surface area contributed by atoms with Crippen LogP contribution in [0.5, 0.6) is 0 Å². The van der Waals surface area contributed by atoms with Gasteiger partial charge in [0, 0.05) is 12.8 Å². The van der Waals surface area contributed by atoms with Crippen molar-refractivity contribution in [3.63, 3.8) is 0 Å². The van der Waals surface area contributed by atoms with E-state index in [0.717, 1.165) is 0 Å². The lowest BCUT2D eigenvalue weighted by Gasteiger charge is -2.08. The second-order valence-electron chi connectivity index (χ2n) is 4.96. The maximum Gasteiger partial charge on any atom is 0.347 e. The van der Waals surface area contributed by atoms with E-state index >= 15 is 0 Å². The topological polar surface area (TPSA) is 98.3 Å². The van der Waals surface area contributed by atoms with E-state index in [1.807, 2.05) is 0 Å². The number of hydrogen-bond acceptors (Lipinski definition) is 6. The molecular formula is C15H14N2O5. The molecule has 1 aromatic carbocycles. The van der Waals surface area contributed by atoms with E-state index in [0.29, 0.717) is 23.1 Å². The number of ether oxygens (including phenoxy) is 2. The highest BCUT2D eigenvalue weighted by Crippen LogP contribution is 2.12. The number of aromatic nitrogens is 2. The molecule has 22 heavy (non-hydrogen) atoms. The molecule has 7 heteroatoms. The first-order valence-corrected chi connectivity index (χ1v) is 6.97. The van der Waals surface area contributed by atoms with Crippen molar-refractivity contribution in [3.05, 3.63) is 40.4 Å². The predicted molar refractivity (Wildman–Crippen MR) is 76.1 cm³/mol. The van der Waals surface area contributed by atoms with Crippen LogP contribution in [0.3, 0.4) is 0 Å². The lowest BCUT2D eigenvalue weighted by Crippen LogP contribution is -2.23. The average Bonchev–Trinajstić information content (AvgIpc) is 2.90. The van der Waals surface area contributed by atoms with Gasteiger partial charge in [0.25, 0.3) is 5.56 Å². The fourth-order valence-corrected chi connectivity index (χ4v) is 2.28. The Kier molecular flexibility index (Phi) is 3.86. The molecule has 1 fully saturated rings. The minimum Gasteiger partial charge on any atom is -0.463 e. The van der Waals surface area contributed by atoms with E-state index in [1.165, 1.54) is 0 Å². The summed E-state index contributed by atoms with van der Waals surface area (Å²) in [6, 6.07) is 6.97. The van der Waals surface area contributed by atoms with Gasteiger partial charge in [0.15, 0.2) is 0 Å². The van der Waals surface area contributed by atoms with Crippen molar-refractivity contribution < 1.29 is 19.1 Å². The number of benzene rings is 1. The molecule has 2 aromatic rings. The summed E-state index contributed by atoms with van der Waals surface area (Å²) in [5, 5.41) is 0.502. The first kappa shape index (κ1) is 14.2. The molecule has 114 valence electrons. The zero-order valence-corrected chi connectivity index (χ0v) is 11.7. The number of fused-ring (bicyclic) bond motifs is 1. The van der Waals surface area contributed by atoms with E-state index in [2.05, 4.69) is 9.97 Å². The summed E-state index contributed by atoms with van der Waals surface area (Å²) in [6.45, 7) is 0.274. The molecule has 0 amide bonds. The Morgan fingerprint density at radius 1 is 1.36 bits per heavy atom. The highest BCUT2D eigenvalue weighted by atomic mass is 16.6. The first-order valence-electron chi connectivity index (χ1n) is 6.97. The first-order chi connectivity index (χ1) is 10.6. The van der Waals surface area contributed by atoms with E-state index in [4.69, 9.17) is 9.47 Å². The largest absolute Gasteiger partial charge is 0.463 e. The third-order valence-corrected chi connectivity index (χ3v) is 3.39. The minimum atomic E-state index is -0.809. The Hall–Kier alpha value is -2.70. The van der Waals surface area contributed by atoms with Crippen molar-refractivity contribution in [3.8, 4) is 0 Å². The number of carbonyl (C=O) groups excluding carboxylic acids is 2. The van der Waals surface area contributed by atoms with E-state index in [-0.39, 0.29) is 25.0 Å². The quantitative estimate of drug-likeness (QED) is 0.835. The zero-order valence-electron chi connectivity index (χ0n) is 11.7. The van der Waals surface area contributed by atoms with Crippen LogP contribution >= 0.6 is 0 Å². The van der Waals surface area contributed by atoms with Crippen LogP contribution in [-0.4, -0.2) is 34.6 Å². The lowest BCUT2D eigenvalue weighted by molar-refractivity contribution is -0.160. The van der Waals surface area contributed by atoms with Crippen LogP contribution in [0.1, 0.15) is 18.7 Å². The highest BCUT2D eigenvalue weighted by Gasteiger charge is 2.29. The normalized spacial score (nSPS) is 17.5. The van der Waals surface area contributed by atoms with Crippen LogP contribution < -0.4 is 5.56 Å². The summed E-state index contributed by atoms with van der Waals surface area (Å²) >= 11 is 0. The zero-order chi connectivity index (χ0) is 15.5. The van der Waals surface area contributed by atoms with Gasteiger partial charge < -0.3 is 14.5 Å². The molecule has 0 radical (unpaired) electrons. The van der Waals surface area contributed by atoms with Gasteiger partial charge >= 0.3 is 11.9 Å². The van der Waals surface area contributed by atoms with Crippen molar-refractivity contribution >= 4 is 22.8 Å². The Labute approximate surface area is 125 Å². The van der Waals surface area contributed by atoms with Crippen LogP contribution in [-0.2, 0) is 25.5 Å². The van der Waals surface area contributed by atoms with Gasteiger partial charge in [0.2, 0.25) is 6.10 Å². The number of aromatic amines is 1. The molecule has 7 nitrogen and oxygen atoms in total. The fraction of sp³-hybridized carbons (Fsp3) is 0.333. The Balaban J connectivity index is 1.65. The van der Waals surface area contributed by atoms with Crippen LogP contribution in [0.2, 0.25) is 0 Å². The van der Waals surface area contributed by atoms with E-state index < -0.39 is 18.0 Å². The summed E-state index contributed by atoms with van der Waals surface area (Å²) in [6.07, 6.45) is -0.155. The van der Waals surface area contributed by atoms with Gasteiger partial charge in [0.05, 0.1) is 23.9 Å². The standard InChI is InChI=1S/C15H14N2O5/c18-13(22-11-7-8-21-15(11)20)6-5-12-16-10-4-2-1-3-9(10)14(19)17-12/h1-4,11H,5-8H2,(H,16,17,19)/t11-/m1/s1. The smallest absolute Gasteiger partial charge is 0.347 e. The van der Waals surface area contributed by atoms with Gasteiger partial charge in [0.1, 0.15) is 5.82 Å². The van der Waals surface area contributed by atoms with Gasteiger partial charge in [-0.15, -0.1) is 0 Å². The highest BCUT2D eigenvalue weighted by molar-refractivity contribution is 5.80. The van der Waals surface area contributed by atoms with Gasteiger partial charge in [-0.1, -0.05) is 12.1 Å². The maximum atomic E-state index is 11.9. The molecule has 0 unspecified atom stereocenters. The predicted octanol–water partition coefficient (Wildman–Crippen LogP) is 0.714. The summed E-state index contributed by atoms with van der Waals surface area (Å²) < 4.78 is 9.75. The maximum absolute atomic E-state index is 11.9. The second kappa shape index (κ2) is 5.97. The van der Waals surface area contributed by atoms with Crippen molar-refractivity contribution in [2.75, 3.05) is 6.61 Å². The van der Waals surface area contributed by atoms with Crippen LogP contribution in [0.25, 0.3) is 10.9 Å². The third kappa shape index (κ3) is 2.98. The molecule has 0 bridgehead atoms. The monoisotopic (exact) mass is 302 g/mol. The number of H-pyrrole nitrogens is 1. The molecule has 0 aliphatic carbocycles. The summed E-state index contributed by atoms with van der Waals surface area (Å²) in [5.74, 6) is -0.611. The number of nitrogens with zero attached hydrogens (tertiary/aromatic N) is 1. The molecule has 0 spiro atoms. The van der Waals surface area contributed by atoms with Crippen molar-refractivity contribution in [1.82, 2.24) is 9.97 Å². The van der Waals surface area contributed by atoms with Crippen molar-refractivity contribution in [2.24, 2.45) is 0 Å². The minimum absolute atomic E-state index is 0.0328. The molecule has 1 aliphatic rings. The van der Waals surface area contributed by atoms with E-state index in [1.54, 1.807) is 24.3 Å². The van der Waals surface area contributed by atoms with Gasteiger partial charge in [-0.05, 0) is 12.1 Å². The molecule has 0 saturated carbocycles. The summed E-state index contributed by atoms with van der Waals surface area (Å²) in [5.41, 5.74) is 0.335. The molecule has 1 aromatic heterocycles. The molecule has 2 heterocycles. The number of hydrogen-bond donors (Lipinski definition) is 1. The van der Waals surface area contributed by atoms with Gasteiger partial charge in [-0.25, -0.2) is 9.78 Å². The van der Waals surface area contributed by atoms with Crippen molar-refractivity contribution in [2.45, 2.75) is 25.4 Å². The number of aryl methyl sites for hydroxylation is 1. The number of carbonyl (C=O) groups is 2. The Morgan fingerprint density at radius 3 is 2.95 bits per heavy atom. The number of cyclic esters (lactones) is 1. The number of para-hydroxylation sites is 1. The lowest BCUT2D eigenvalue weighted by atomic mass is 10.2. The van der Waals surface area contributed by atoms with Crippen LogP contribution in [0.4, 0.5) is 0 Å². The Bertz CT molecular complexity index is 783. The SMILES string of the molecule is O=C(CCc1nc2ccccc2c(=O)[nH]1)O[C@@H]1CCOC1=O. The molecule has 1 aliphatic heterocycles. The summed E-state index contributed by atoms with van der Waals surface area (Å²) in [7, 11) is 0. The average molecular weight is 302 g/mol.